The number of terminal acetylenes is 1. The smallest absolute Gasteiger partial charge is 0.251 e. The van der Waals surface area contributed by atoms with Crippen molar-refractivity contribution >= 4 is 39.1 Å². The molecule has 2 aromatic rings. The zero-order valence-electron chi connectivity index (χ0n) is 14.2. The Morgan fingerprint density at radius 2 is 2.12 bits per heavy atom. The third kappa shape index (κ3) is 3.99. The van der Waals surface area contributed by atoms with E-state index in [1.54, 1.807) is 0 Å². The van der Waals surface area contributed by atoms with E-state index >= 15 is 0 Å². The minimum atomic E-state index is -0.121. The number of hydrogen-bond donors (Lipinski definition) is 1. The molecule has 1 N–H and O–H groups in total. The largest absolute Gasteiger partial charge is 0.326 e. The van der Waals surface area contributed by atoms with Crippen LogP contribution in [0.25, 0.3) is 10.2 Å². The molecular formula is C19H21N3O2S. The lowest BCUT2D eigenvalue weighted by Crippen LogP contribution is -2.21. The maximum absolute atomic E-state index is 12.5. The molecule has 0 spiro atoms. The summed E-state index contributed by atoms with van der Waals surface area (Å²) in [5.74, 6) is 2.50. The summed E-state index contributed by atoms with van der Waals surface area (Å²) in [5.41, 5.74) is 1.64. The maximum atomic E-state index is 12.5. The van der Waals surface area contributed by atoms with Gasteiger partial charge >= 0.3 is 0 Å². The summed E-state index contributed by atoms with van der Waals surface area (Å²) in [4.78, 5) is 28.8. The number of aromatic nitrogens is 1. The number of nitrogens with zero attached hydrogens (tertiary/aromatic N) is 2. The molecule has 1 aliphatic rings. The number of amides is 2. The Balaban J connectivity index is 2.02. The molecule has 1 heterocycles. The van der Waals surface area contributed by atoms with Gasteiger partial charge in [0.25, 0.3) is 5.91 Å². The highest BCUT2D eigenvalue weighted by molar-refractivity contribution is 7.16. The Labute approximate surface area is 150 Å². The minimum absolute atomic E-state index is 0.0354. The van der Waals surface area contributed by atoms with Crippen molar-refractivity contribution in [3.63, 3.8) is 0 Å². The molecule has 1 aliphatic carbocycles. The van der Waals surface area contributed by atoms with Crippen molar-refractivity contribution < 1.29 is 9.59 Å². The fraction of sp³-hybridized carbons (Fsp3) is 0.421. The SMILES string of the molecule is C#CCn1c(=NC(=O)C2CCCCC2)sc2cc(NC(C)=O)ccc21. The summed E-state index contributed by atoms with van der Waals surface area (Å²) in [6, 6.07) is 5.62. The summed E-state index contributed by atoms with van der Waals surface area (Å²) in [7, 11) is 0. The van der Waals surface area contributed by atoms with Crippen molar-refractivity contribution in [3.8, 4) is 12.3 Å². The highest BCUT2D eigenvalue weighted by atomic mass is 32.1. The van der Waals surface area contributed by atoms with Crippen LogP contribution in [0.4, 0.5) is 5.69 Å². The van der Waals surface area contributed by atoms with Crippen molar-refractivity contribution in [2.24, 2.45) is 10.9 Å². The van der Waals surface area contributed by atoms with Crippen molar-refractivity contribution in [2.75, 3.05) is 5.32 Å². The molecule has 130 valence electrons. The van der Waals surface area contributed by atoms with E-state index in [-0.39, 0.29) is 17.7 Å². The third-order valence-corrected chi connectivity index (χ3v) is 5.45. The number of carbonyl (C=O) groups excluding carboxylic acids is 2. The number of fused-ring (bicyclic) bond motifs is 1. The van der Waals surface area contributed by atoms with Gasteiger partial charge in [0.05, 0.1) is 16.8 Å². The molecule has 0 aliphatic heterocycles. The van der Waals surface area contributed by atoms with Gasteiger partial charge in [-0.05, 0) is 31.0 Å². The van der Waals surface area contributed by atoms with Crippen LogP contribution in [0.15, 0.2) is 23.2 Å². The Morgan fingerprint density at radius 1 is 1.36 bits per heavy atom. The lowest BCUT2D eigenvalue weighted by atomic mass is 9.89. The molecular weight excluding hydrogens is 334 g/mol. The maximum Gasteiger partial charge on any atom is 0.251 e. The molecule has 1 aromatic carbocycles. The number of carbonyl (C=O) groups is 2. The van der Waals surface area contributed by atoms with Gasteiger partial charge in [0.15, 0.2) is 4.80 Å². The molecule has 1 aromatic heterocycles. The second-order valence-electron chi connectivity index (χ2n) is 6.32. The first kappa shape index (κ1) is 17.4. The van der Waals surface area contributed by atoms with Gasteiger partial charge in [-0.3, -0.25) is 9.59 Å². The molecule has 0 unspecified atom stereocenters. The number of anilines is 1. The monoisotopic (exact) mass is 355 g/mol. The molecule has 3 rings (SSSR count). The van der Waals surface area contributed by atoms with Gasteiger partial charge in [0.2, 0.25) is 5.91 Å². The summed E-state index contributed by atoms with van der Waals surface area (Å²) in [6.45, 7) is 1.83. The topological polar surface area (TPSA) is 63.5 Å². The zero-order valence-corrected chi connectivity index (χ0v) is 15.1. The van der Waals surface area contributed by atoms with Crippen LogP contribution in [0.3, 0.4) is 0 Å². The van der Waals surface area contributed by atoms with Crippen LogP contribution in [0, 0.1) is 18.3 Å². The summed E-state index contributed by atoms with van der Waals surface area (Å²) in [5, 5.41) is 2.77. The Bertz CT molecular complexity index is 911. The van der Waals surface area contributed by atoms with Gasteiger partial charge in [-0.2, -0.15) is 4.99 Å². The fourth-order valence-corrected chi connectivity index (χ4v) is 4.29. The molecule has 5 nitrogen and oxygen atoms in total. The van der Waals surface area contributed by atoms with E-state index in [4.69, 9.17) is 6.42 Å². The number of benzene rings is 1. The first-order valence-electron chi connectivity index (χ1n) is 8.51. The Hall–Kier alpha value is -2.39. The van der Waals surface area contributed by atoms with Crippen LogP contribution in [-0.2, 0) is 16.1 Å². The van der Waals surface area contributed by atoms with Crippen molar-refractivity contribution in [3.05, 3.63) is 23.0 Å². The van der Waals surface area contributed by atoms with Gasteiger partial charge < -0.3 is 9.88 Å². The molecule has 1 fully saturated rings. The molecule has 1 saturated carbocycles. The van der Waals surface area contributed by atoms with Crippen LogP contribution >= 0.6 is 11.3 Å². The number of hydrogen-bond acceptors (Lipinski definition) is 3. The predicted octanol–water partition coefficient (Wildman–Crippen LogP) is 3.30. The molecule has 0 bridgehead atoms. The Morgan fingerprint density at radius 3 is 2.80 bits per heavy atom. The normalized spacial score (nSPS) is 15.9. The second-order valence-corrected chi connectivity index (χ2v) is 7.33. The van der Waals surface area contributed by atoms with Crippen LogP contribution in [0.1, 0.15) is 39.0 Å². The first-order valence-corrected chi connectivity index (χ1v) is 9.33. The first-order chi connectivity index (χ1) is 12.1. The number of rotatable bonds is 3. The van der Waals surface area contributed by atoms with E-state index in [1.807, 2.05) is 22.8 Å². The summed E-state index contributed by atoms with van der Waals surface area (Å²) in [6.07, 6.45) is 10.8. The van der Waals surface area contributed by atoms with E-state index < -0.39 is 0 Å². The van der Waals surface area contributed by atoms with Crippen molar-refractivity contribution in [1.82, 2.24) is 4.57 Å². The van der Waals surface area contributed by atoms with Crippen LogP contribution in [0.2, 0.25) is 0 Å². The van der Waals surface area contributed by atoms with Gasteiger partial charge in [-0.25, -0.2) is 0 Å². The zero-order chi connectivity index (χ0) is 17.8. The van der Waals surface area contributed by atoms with E-state index in [2.05, 4.69) is 16.2 Å². The lowest BCUT2D eigenvalue weighted by Gasteiger charge is -2.17. The van der Waals surface area contributed by atoms with Crippen LogP contribution < -0.4 is 10.1 Å². The Kier molecular flexibility index (Phi) is 5.34. The van der Waals surface area contributed by atoms with E-state index in [9.17, 15) is 9.59 Å². The van der Waals surface area contributed by atoms with Crippen molar-refractivity contribution in [2.45, 2.75) is 45.6 Å². The highest BCUT2D eigenvalue weighted by Gasteiger charge is 2.21. The highest BCUT2D eigenvalue weighted by Crippen LogP contribution is 2.25. The summed E-state index contributed by atoms with van der Waals surface area (Å²) < 4.78 is 2.83. The quantitative estimate of drug-likeness (QED) is 0.859. The van der Waals surface area contributed by atoms with Gasteiger partial charge in [-0.1, -0.05) is 36.5 Å². The lowest BCUT2D eigenvalue weighted by molar-refractivity contribution is -0.122. The molecule has 2 amide bonds. The van der Waals surface area contributed by atoms with E-state index in [0.29, 0.717) is 11.3 Å². The minimum Gasteiger partial charge on any atom is -0.326 e. The predicted molar refractivity (Wildman–Crippen MR) is 100 cm³/mol. The van der Waals surface area contributed by atoms with Gasteiger partial charge in [-0.15, -0.1) is 6.42 Å². The molecule has 6 heteroatoms. The number of nitrogens with one attached hydrogen (secondary N) is 1. The average Bonchev–Trinajstić information content (AvgIpc) is 2.92. The van der Waals surface area contributed by atoms with Crippen LogP contribution in [-0.4, -0.2) is 16.4 Å². The molecule has 25 heavy (non-hydrogen) atoms. The van der Waals surface area contributed by atoms with Crippen LogP contribution in [0.5, 0.6) is 0 Å². The third-order valence-electron chi connectivity index (χ3n) is 4.41. The average molecular weight is 355 g/mol. The summed E-state index contributed by atoms with van der Waals surface area (Å²) >= 11 is 1.43. The standard InChI is InChI=1S/C19H21N3O2S/c1-3-11-22-16-10-9-15(20-13(2)23)12-17(16)25-19(22)21-18(24)14-7-5-4-6-8-14/h1,9-10,12,14H,4-8,11H2,2H3,(H,20,23). The van der Waals surface area contributed by atoms with Gasteiger partial charge in [0.1, 0.15) is 0 Å². The molecule has 0 saturated heterocycles. The van der Waals surface area contributed by atoms with E-state index in [0.717, 1.165) is 41.6 Å². The fourth-order valence-electron chi connectivity index (χ4n) is 3.22. The van der Waals surface area contributed by atoms with E-state index in [1.165, 1.54) is 24.7 Å². The molecule has 0 radical (unpaired) electrons. The number of thiazole rings is 1. The second kappa shape index (κ2) is 7.66. The van der Waals surface area contributed by atoms with Crippen molar-refractivity contribution in [1.29, 1.82) is 0 Å². The van der Waals surface area contributed by atoms with Gasteiger partial charge in [0, 0.05) is 18.5 Å². The molecule has 0 atom stereocenters.